The van der Waals surface area contributed by atoms with Gasteiger partial charge in [0, 0.05) is 19.3 Å². The number of allylic oxidation sites excluding steroid dienone is 28. The summed E-state index contributed by atoms with van der Waals surface area (Å²) in [6, 6.07) is 0. The fourth-order valence-electron chi connectivity index (χ4n) is 7.02. The highest BCUT2D eigenvalue weighted by Gasteiger charge is 2.19. The number of rotatable bonds is 49. The van der Waals surface area contributed by atoms with E-state index in [4.69, 9.17) is 14.2 Å². The molecule has 0 radical (unpaired) electrons. The predicted molar refractivity (Wildman–Crippen MR) is 315 cm³/mol. The van der Waals surface area contributed by atoms with Crippen molar-refractivity contribution in [2.75, 3.05) is 13.2 Å². The Balaban J connectivity index is 4.55. The van der Waals surface area contributed by atoms with Gasteiger partial charge in [0.2, 0.25) is 0 Å². The highest BCUT2D eigenvalue weighted by molar-refractivity contribution is 5.71. The molecule has 0 heterocycles. The Morgan fingerprint density at radius 3 is 0.836 bits per heavy atom. The molecule has 73 heavy (non-hydrogen) atoms. The first-order valence-corrected chi connectivity index (χ1v) is 28.6. The molecule has 0 aromatic heterocycles. The zero-order valence-electron chi connectivity index (χ0n) is 46.3. The lowest BCUT2D eigenvalue weighted by molar-refractivity contribution is -0.167. The van der Waals surface area contributed by atoms with Crippen LogP contribution in [0.4, 0.5) is 0 Å². The number of ether oxygens (including phenoxy) is 3. The molecule has 0 bridgehead atoms. The second-order valence-corrected chi connectivity index (χ2v) is 18.0. The van der Waals surface area contributed by atoms with Crippen molar-refractivity contribution in [2.24, 2.45) is 0 Å². The van der Waals surface area contributed by atoms with Gasteiger partial charge in [-0.15, -0.1) is 0 Å². The monoisotopic (exact) mass is 1000 g/mol. The molecule has 0 spiro atoms. The lowest BCUT2D eigenvalue weighted by atomic mass is 10.1. The third-order valence-corrected chi connectivity index (χ3v) is 11.2. The Hall–Kier alpha value is -5.23. The Bertz CT molecular complexity index is 1720. The number of hydrogen-bond donors (Lipinski definition) is 0. The van der Waals surface area contributed by atoms with Crippen LogP contribution in [-0.4, -0.2) is 37.2 Å². The largest absolute Gasteiger partial charge is 0.462 e. The standard InChI is InChI=1S/C67H102O6/c1-4-7-10-13-16-19-22-25-28-30-31-32-33-34-35-37-39-42-45-48-51-54-57-60-66(69)72-63-64(62-71-65(68)59-56-53-50-47-44-41-38-27-24-21-18-15-12-9-6-3)73-67(70)61-58-55-52-49-46-43-40-36-29-26-23-20-17-14-11-8-5-2/h7-12,16-21,25-29,31-32,34-35,38,40,43-44,47,49,52,64H,4-6,13-15,22-24,30,33,36-37,39,41-42,45-46,48,50-51,53-63H2,1-3H3/b10-7-,11-8-,12-9-,19-16-,20-17-,21-18-,28-25-,29-26-,32-31-,35-34-,38-27-,43-40-,47-44-,52-49-. The highest BCUT2D eigenvalue weighted by Crippen LogP contribution is 2.12. The highest BCUT2D eigenvalue weighted by atomic mass is 16.6. The SMILES string of the molecule is CC/C=C\C/C=C\C/C=C\C/C=C\C/C=C\CCCCCCCCCC(=O)OCC(COC(=O)CCCC/C=C\C/C=C\C/C=C\C/C=C\CC)OC(=O)CCC/C=C\C/C=C\C/C=C\C/C=C\C/C=C\CC. The Morgan fingerprint density at radius 1 is 0.274 bits per heavy atom. The third kappa shape index (κ3) is 57.5. The molecule has 0 aliphatic carbocycles. The minimum Gasteiger partial charge on any atom is -0.462 e. The van der Waals surface area contributed by atoms with Gasteiger partial charge in [0.05, 0.1) is 0 Å². The molecule has 0 fully saturated rings. The molecular weight excluding hydrogens is 901 g/mol. The van der Waals surface area contributed by atoms with E-state index < -0.39 is 6.10 Å². The van der Waals surface area contributed by atoms with E-state index in [1.807, 2.05) is 0 Å². The van der Waals surface area contributed by atoms with E-state index in [1.165, 1.54) is 19.3 Å². The van der Waals surface area contributed by atoms with Gasteiger partial charge in [-0.1, -0.05) is 223 Å². The van der Waals surface area contributed by atoms with E-state index in [0.717, 1.165) is 141 Å². The molecule has 0 aromatic carbocycles. The van der Waals surface area contributed by atoms with Crippen molar-refractivity contribution in [3.05, 3.63) is 170 Å². The number of unbranched alkanes of at least 4 members (excludes halogenated alkanes) is 10. The summed E-state index contributed by atoms with van der Waals surface area (Å²) >= 11 is 0. The molecule has 0 saturated heterocycles. The normalized spacial score (nSPS) is 13.4. The first-order chi connectivity index (χ1) is 36.0. The zero-order chi connectivity index (χ0) is 52.9. The average Bonchev–Trinajstić information content (AvgIpc) is 3.39. The number of hydrogen-bond acceptors (Lipinski definition) is 6. The van der Waals surface area contributed by atoms with E-state index in [1.54, 1.807) is 0 Å². The van der Waals surface area contributed by atoms with Gasteiger partial charge in [-0.05, 0) is 141 Å². The molecule has 0 aromatic rings. The molecular formula is C67H102O6. The third-order valence-electron chi connectivity index (χ3n) is 11.2. The van der Waals surface area contributed by atoms with E-state index in [9.17, 15) is 14.4 Å². The van der Waals surface area contributed by atoms with Gasteiger partial charge in [0.25, 0.3) is 0 Å². The zero-order valence-corrected chi connectivity index (χ0v) is 46.3. The maximum Gasteiger partial charge on any atom is 0.306 e. The van der Waals surface area contributed by atoms with Crippen molar-refractivity contribution in [3.8, 4) is 0 Å². The molecule has 1 atom stereocenters. The summed E-state index contributed by atoms with van der Waals surface area (Å²) < 4.78 is 16.8. The summed E-state index contributed by atoms with van der Waals surface area (Å²) in [6.45, 7) is 6.18. The number of carbonyl (C=O) groups excluding carboxylic acids is 3. The summed E-state index contributed by atoms with van der Waals surface area (Å²) in [7, 11) is 0. The number of carbonyl (C=O) groups is 3. The van der Waals surface area contributed by atoms with Crippen LogP contribution in [0.15, 0.2) is 170 Å². The van der Waals surface area contributed by atoms with Crippen molar-refractivity contribution in [1.29, 1.82) is 0 Å². The molecule has 0 rings (SSSR count). The molecule has 0 saturated carbocycles. The van der Waals surface area contributed by atoms with Crippen LogP contribution >= 0.6 is 0 Å². The van der Waals surface area contributed by atoms with Crippen LogP contribution in [0.3, 0.4) is 0 Å². The minimum atomic E-state index is -0.840. The van der Waals surface area contributed by atoms with E-state index >= 15 is 0 Å². The van der Waals surface area contributed by atoms with Gasteiger partial charge in [0.15, 0.2) is 6.10 Å². The molecule has 406 valence electrons. The van der Waals surface area contributed by atoms with Crippen LogP contribution in [0.2, 0.25) is 0 Å². The maximum atomic E-state index is 12.8. The summed E-state index contributed by atoms with van der Waals surface area (Å²) in [4.78, 5) is 38.2. The Morgan fingerprint density at radius 2 is 0.507 bits per heavy atom. The first kappa shape index (κ1) is 67.8. The van der Waals surface area contributed by atoms with Crippen LogP contribution in [0.1, 0.15) is 213 Å². The summed E-state index contributed by atoms with van der Waals surface area (Å²) in [5.74, 6) is -1.05. The van der Waals surface area contributed by atoms with E-state index in [0.29, 0.717) is 19.3 Å². The first-order valence-electron chi connectivity index (χ1n) is 28.6. The van der Waals surface area contributed by atoms with Crippen molar-refractivity contribution in [1.82, 2.24) is 0 Å². The molecule has 0 aliphatic rings. The second-order valence-electron chi connectivity index (χ2n) is 18.0. The van der Waals surface area contributed by atoms with Gasteiger partial charge in [-0.25, -0.2) is 0 Å². The Labute approximate surface area is 447 Å². The fourth-order valence-corrected chi connectivity index (χ4v) is 7.02. The summed E-state index contributed by atoms with van der Waals surface area (Å²) in [5.41, 5.74) is 0. The average molecular weight is 1000 g/mol. The second kappa shape index (κ2) is 59.3. The molecule has 6 nitrogen and oxygen atoms in total. The van der Waals surface area contributed by atoms with Crippen molar-refractivity contribution in [2.45, 2.75) is 219 Å². The van der Waals surface area contributed by atoms with Crippen LogP contribution in [0.5, 0.6) is 0 Å². The molecule has 6 heteroatoms. The lowest BCUT2D eigenvalue weighted by Crippen LogP contribution is -2.30. The van der Waals surface area contributed by atoms with Crippen molar-refractivity contribution in [3.63, 3.8) is 0 Å². The van der Waals surface area contributed by atoms with Crippen molar-refractivity contribution < 1.29 is 28.6 Å². The van der Waals surface area contributed by atoms with E-state index in [2.05, 4.69) is 191 Å². The molecule has 1 unspecified atom stereocenters. The van der Waals surface area contributed by atoms with Gasteiger partial charge in [-0.3, -0.25) is 14.4 Å². The van der Waals surface area contributed by atoms with Crippen LogP contribution in [0, 0.1) is 0 Å². The minimum absolute atomic E-state index is 0.129. The topological polar surface area (TPSA) is 78.9 Å². The summed E-state index contributed by atoms with van der Waals surface area (Å²) in [5, 5.41) is 0. The van der Waals surface area contributed by atoms with Crippen LogP contribution in [0.25, 0.3) is 0 Å². The smallest absolute Gasteiger partial charge is 0.306 e. The lowest BCUT2D eigenvalue weighted by Gasteiger charge is -2.18. The molecule has 0 amide bonds. The summed E-state index contributed by atoms with van der Waals surface area (Å²) in [6.07, 6.45) is 87.8. The number of esters is 3. The van der Waals surface area contributed by atoms with Crippen LogP contribution in [-0.2, 0) is 28.6 Å². The van der Waals surface area contributed by atoms with E-state index in [-0.39, 0.29) is 44.0 Å². The Kier molecular flexibility index (Phi) is 55.1. The quantitative estimate of drug-likeness (QED) is 0.0261. The van der Waals surface area contributed by atoms with Gasteiger partial charge in [-0.2, -0.15) is 0 Å². The fraction of sp³-hybridized carbons (Fsp3) is 0.537. The molecule has 0 aliphatic heterocycles. The predicted octanol–water partition coefficient (Wildman–Crippen LogP) is 19.5. The van der Waals surface area contributed by atoms with Gasteiger partial charge in [0.1, 0.15) is 13.2 Å². The molecule has 0 N–H and O–H groups in total. The van der Waals surface area contributed by atoms with Crippen molar-refractivity contribution >= 4 is 17.9 Å². The van der Waals surface area contributed by atoms with Gasteiger partial charge < -0.3 is 14.2 Å². The van der Waals surface area contributed by atoms with Gasteiger partial charge >= 0.3 is 17.9 Å². The van der Waals surface area contributed by atoms with Crippen LogP contribution < -0.4 is 0 Å². The maximum absolute atomic E-state index is 12.8.